The molecule has 0 saturated heterocycles. The lowest BCUT2D eigenvalue weighted by Crippen LogP contribution is -2.23. The number of nitrogens with two attached hydrogens (primary N) is 1. The van der Waals surface area contributed by atoms with Crippen LogP contribution in [0.5, 0.6) is 0 Å². The molecule has 5 nitrogen and oxygen atoms in total. The molecule has 0 bridgehead atoms. The van der Waals surface area contributed by atoms with E-state index >= 15 is 0 Å². The predicted octanol–water partition coefficient (Wildman–Crippen LogP) is 1.24. The van der Waals surface area contributed by atoms with Gasteiger partial charge in [-0.05, 0) is 18.9 Å². The van der Waals surface area contributed by atoms with Gasteiger partial charge in [-0.25, -0.2) is 0 Å². The summed E-state index contributed by atoms with van der Waals surface area (Å²) in [5.41, 5.74) is 6.94. The van der Waals surface area contributed by atoms with Crippen molar-refractivity contribution in [2.45, 2.75) is 31.9 Å². The van der Waals surface area contributed by atoms with Crippen molar-refractivity contribution in [3.05, 3.63) is 47.6 Å². The van der Waals surface area contributed by atoms with Gasteiger partial charge in [-0.2, -0.15) is 4.98 Å². The van der Waals surface area contributed by atoms with Crippen LogP contribution in [0.15, 0.2) is 34.9 Å². The molecule has 1 heterocycles. The first-order valence-corrected chi connectivity index (χ1v) is 5.97. The number of aliphatic hydroxyl groups excluding tert-OH is 1. The standard InChI is InChI=1S/C13H17N3O2/c1-9(17)12(14)13-15-11(16-18-13)8-7-10-5-3-2-4-6-10/h2-6,9,12,17H,7-8,14H2,1H3/t9-,12+/m1/s1. The van der Waals surface area contributed by atoms with E-state index in [4.69, 9.17) is 10.3 Å². The molecule has 2 atom stereocenters. The van der Waals surface area contributed by atoms with Gasteiger partial charge in [0.15, 0.2) is 5.82 Å². The molecule has 0 aliphatic rings. The van der Waals surface area contributed by atoms with Crippen LogP contribution in [0, 0.1) is 0 Å². The maximum absolute atomic E-state index is 9.34. The van der Waals surface area contributed by atoms with Crippen LogP contribution in [-0.4, -0.2) is 21.4 Å². The van der Waals surface area contributed by atoms with Crippen LogP contribution in [0.4, 0.5) is 0 Å². The molecule has 2 aromatic rings. The van der Waals surface area contributed by atoms with Crippen molar-refractivity contribution in [1.29, 1.82) is 0 Å². The highest BCUT2D eigenvalue weighted by Crippen LogP contribution is 2.12. The van der Waals surface area contributed by atoms with E-state index in [0.29, 0.717) is 12.2 Å². The van der Waals surface area contributed by atoms with Gasteiger partial charge in [-0.3, -0.25) is 0 Å². The molecule has 0 spiro atoms. The quantitative estimate of drug-likeness (QED) is 0.830. The zero-order valence-corrected chi connectivity index (χ0v) is 10.3. The zero-order chi connectivity index (χ0) is 13.0. The number of hydrogen-bond acceptors (Lipinski definition) is 5. The topological polar surface area (TPSA) is 85.2 Å². The van der Waals surface area contributed by atoms with Crippen molar-refractivity contribution in [2.75, 3.05) is 0 Å². The molecular weight excluding hydrogens is 230 g/mol. The molecule has 0 saturated carbocycles. The van der Waals surface area contributed by atoms with E-state index in [1.165, 1.54) is 5.56 Å². The molecule has 0 aliphatic heterocycles. The summed E-state index contributed by atoms with van der Waals surface area (Å²) < 4.78 is 5.03. The van der Waals surface area contributed by atoms with E-state index in [1.54, 1.807) is 6.92 Å². The molecule has 18 heavy (non-hydrogen) atoms. The third-order valence-electron chi connectivity index (χ3n) is 2.77. The molecule has 0 aliphatic carbocycles. The number of benzene rings is 1. The molecule has 3 N–H and O–H groups in total. The zero-order valence-electron chi connectivity index (χ0n) is 10.3. The Kier molecular flexibility index (Phi) is 4.07. The fraction of sp³-hybridized carbons (Fsp3) is 0.385. The smallest absolute Gasteiger partial charge is 0.246 e. The first kappa shape index (κ1) is 12.7. The van der Waals surface area contributed by atoms with E-state index < -0.39 is 12.1 Å². The van der Waals surface area contributed by atoms with Crippen LogP contribution in [0.3, 0.4) is 0 Å². The molecule has 1 aromatic carbocycles. The Balaban J connectivity index is 1.95. The van der Waals surface area contributed by atoms with Gasteiger partial charge in [-0.1, -0.05) is 35.5 Å². The van der Waals surface area contributed by atoms with Crippen LogP contribution in [0.25, 0.3) is 0 Å². The molecule has 0 amide bonds. The SMILES string of the molecule is C[C@@H](O)[C@H](N)c1nc(CCc2ccccc2)no1. The van der Waals surface area contributed by atoms with Crippen molar-refractivity contribution < 1.29 is 9.63 Å². The average molecular weight is 247 g/mol. The number of aryl methyl sites for hydroxylation is 2. The van der Waals surface area contributed by atoms with Gasteiger partial charge in [0.25, 0.3) is 0 Å². The largest absolute Gasteiger partial charge is 0.391 e. The van der Waals surface area contributed by atoms with Crippen molar-refractivity contribution in [3.8, 4) is 0 Å². The third kappa shape index (κ3) is 3.15. The summed E-state index contributed by atoms with van der Waals surface area (Å²) in [6.07, 6.45) is 0.844. The molecular formula is C13H17N3O2. The Morgan fingerprint density at radius 3 is 2.67 bits per heavy atom. The monoisotopic (exact) mass is 247 g/mol. The van der Waals surface area contributed by atoms with E-state index in [0.717, 1.165) is 6.42 Å². The lowest BCUT2D eigenvalue weighted by molar-refractivity contribution is 0.146. The average Bonchev–Trinajstić information content (AvgIpc) is 2.85. The number of rotatable bonds is 5. The summed E-state index contributed by atoms with van der Waals surface area (Å²) in [5.74, 6) is 0.901. The molecule has 2 rings (SSSR count). The van der Waals surface area contributed by atoms with Crippen LogP contribution >= 0.6 is 0 Å². The third-order valence-corrected chi connectivity index (χ3v) is 2.77. The van der Waals surface area contributed by atoms with Crippen molar-refractivity contribution in [2.24, 2.45) is 5.73 Å². The molecule has 1 aromatic heterocycles. The Morgan fingerprint density at radius 1 is 1.28 bits per heavy atom. The second kappa shape index (κ2) is 5.75. The summed E-state index contributed by atoms with van der Waals surface area (Å²) in [7, 11) is 0. The minimum atomic E-state index is -0.701. The van der Waals surface area contributed by atoms with E-state index in [9.17, 15) is 5.11 Å². The highest BCUT2D eigenvalue weighted by molar-refractivity contribution is 5.15. The number of hydrogen-bond donors (Lipinski definition) is 2. The second-order valence-electron chi connectivity index (χ2n) is 4.30. The molecule has 5 heteroatoms. The van der Waals surface area contributed by atoms with Gasteiger partial charge in [0.05, 0.1) is 6.10 Å². The molecule has 0 radical (unpaired) electrons. The molecule has 0 unspecified atom stereocenters. The van der Waals surface area contributed by atoms with Crippen molar-refractivity contribution >= 4 is 0 Å². The van der Waals surface area contributed by atoms with Gasteiger partial charge in [-0.15, -0.1) is 0 Å². The maximum Gasteiger partial charge on any atom is 0.246 e. The Labute approximate surface area is 106 Å². The van der Waals surface area contributed by atoms with Gasteiger partial charge in [0.1, 0.15) is 6.04 Å². The van der Waals surface area contributed by atoms with Crippen LogP contribution in [0.2, 0.25) is 0 Å². The number of aromatic nitrogens is 2. The highest BCUT2D eigenvalue weighted by atomic mass is 16.5. The first-order chi connectivity index (χ1) is 8.66. The summed E-state index contributed by atoms with van der Waals surface area (Å²) in [6.45, 7) is 1.60. The lowest BCUT2D eigenvalue weighted by atomic mass is 10.1. The van der Waals surface area contributed by atoms with Gasteiger partial charge in [0, 0.05) is 6.42 Å². The number of nitrogens with zero attached hydrogens (tertiary/aromatic N) is 2. The van der Waals surface area contributed by atoms with E-state index in [-0.39, 0.29) is 5.89 Å². The second-order valence-corrected chi connectivity index (χ2v) is 4.30. The first-order valence-electron chi connectivity index (χ1n) is 5.97. The summed E-state index contributed by atoms with van der Waals surface area (Å²) in [5, 5.41) is 13.2. The van der Waals surface area contributed by atoms with E-state index in [1.807, 2.05) is 18.2 Å². The fourth-order valence-corrected chi connectivity index (χ4v) is 1.61. The Bertz CT molecular complexity index is 482. The summed E-state index contributed by atoms with van der Waals surface area (Å²) in [4.78, 5) is 4.18. The predicted molar refractivity (Wildman–Crippen MR) is 66.8 cm³/mol. The van der Waals surface area contributed by atoms with Crippen molar-refractivity contribution in [3.63, 3.8) is 0 Å². The fourth-order valence-electron chi connectivity index (χ4n) is 1.61. The van der Waals surface area contributed by atoms with Gasteiger partial charge in [0.2, 0.25) is 5.89 Å². The Hall–Kier alpha value is -1.72. The summed E-state index contributed by atoms with van der Waals surface area (Å²) in [6, 6.07) is 9.48. The maximum atomic E-state index is 9.34. The lowest BCUT2D eigenvalue weighted by Gasteiger charge is -2.08. The van der Waals surface area contributed by atoms with Gasteiger partial charge < -0.3 is 15.4 Å². The molecule has 96 valence electrons. The normalized spacial score (nSPS) is 14.4. The van der Waals surface area contributed by atoms with Crippen LogP contribution in [0.1, 0.15) is 30.2 Å². The Morgan fingerprint density at radius 2 is 2.00 bits per heavy atom. The van der Waals surface area contributed by atoms with E-state index in [2.05, 4.69) is 22.3 Å². The summed E-state index contributed by atoms with van der Waals surface area (Å²) >= 11 is 0. The molecule has 0 fully saturated rings. The highest BCUT2D eigenvalue weighted by Gasteiger charge is 2.19. The van der Waals surface area contributed by atoms with Crippen LogP contribution in [-0.2, 0) is 12.8 Å². The minimum Gasteiger partial charge on any atom is -0.391 e. The number of aliphatic hydroxyl groups is 1. The minimum absolute atomic E-state index is 0.285. The van der Waals surface area contributed by atoms with Crippen molar-refractivity contribution in [1.82, 2.24) is 10.1 Å². The van der Waals surface area contributed by atoms with Gasteiger partial charge >= 0.3 is 0 Å². The van der Waals surface area contributed by atoms with Crippen LogP contribution < -0.4 is 5.73 Å².